The predicted molar refractivity (Wildman–Crippen MR) is 102 cm³/mol. The van der Waals surface area contributed by atoms with E-state index >= 15 is 0 Å². The Morgan fingerprint density at radius 3 is 2.34 bits per heavy atom. The molecule has 11 nitrogen and oxygen atoms in total. The summed E-state index contributed by atoms with van der Waals surface area (Å²) in [7, 11) is -5.95. The van der Waals surface area contributed by atoms with Gasteiger partial charge in [-0.25, -0.2) is 0 Å². The zero-order valence-corrected chi connectivity index (χ0v) is 21.8. The van der Waals surface area contributed by atoms with Crippen molar-refractivity contribution in [1.82, 2.24) is 0 Å². The van der Waals surface area contributed by atoms with Gasteiger partial charge in [0.1, 0.15) is 34.9 Å². The maximum absolute atomic E-state index is 11.0. The molecule has 0 bridgehead atoms. The van der Waals surface area contributed by atoms with Crippen LogP contribution in [0, 0.1) is 0 Å². The van der Waals surface area contributed by atoms with Gasteiger partial charge < -0.3 is 29.7 Å². The van der Waals surface area contributed by atoms with Crippen LogP contribution in [-0.4, -0.2) is 91.1 Å². The number of unbranched alkanes of at least 4 members (excludes halogenated alkanes) is 3. The molecule has 0 aliphatic carbocycles. The van der Waals surface area contributed by atoms with Crippen molar-refractivity contribution in [3.05, 3.63) is 0 Å². The summed E-state index contributed by atoms with van der Waals surface area (Å²) in [6.07, 6.45) is -1.17. The number of hydrogen-bond donors (Lipinski definition) is 4. The van der Waals surface area contributed by atoms with Crippen molar-refractivity contribution >= 4 is 38.0 Å². The van der Waals surface area contributed by atoms with Gasteiger partial charge in [0.15, 0.2) is 0 Å². The Morgan fingerprint density at radius 1 is 1.17 bits per heavy atom. The average Bonchev–Trinajstić information content (AvgIpc) is 2.61. The van der Waals surface area contributed by atoms with Crippen molar-refractivity contribution < 1.29 is 98.0 Å². The van der Waals surface area contributed by atoms with Crippen LogP contribution in [0.2, 0.25) is 0 Å². The summed E-state index contributed by atoms with van der Waals surface area (Å²) in [5.74, 6) is 0.581. The van der Waals surface area contributed by atoms with E-state index in [1.54, 1.807) is 6.26 Å². The molecule has 0 radical (unpaired) electrons. The summed E-state index contributed by atoms with van der Waals surface area (Å²) < 4.78 is 52.2. The predicted octanol–water partition coefficient (Wildman–Crippen LogP) is -4.36. The van der Waals surface area contributed by atoms with Crippen molar-refractivity contribution in [2.24, 2.45) is 5.16 Å². The van der Waals surface area contributed by atoms with E-state index in [0.29, 0.717) is 12.2 Å². The molecule has 6 atom stereocenters. The van der Waals surface area contributed by atoms with Crippen molar-refractivity contribution in [3.63, 3.8) is 0 Å². The number of hydrogen-bond acceptors (Lipinski definition) is 12. The molecule has 29 heavy (non-hydrogen) atoms. The molecule has 1 saturated heterocycles. The summed E-state index contributed by atoms with van der Waals surface area (Å²) in [6, 6.07) is 0. The molecule has 1 aliphatic rings. The van der Waals surface area contributed by atoms with Crippen LogP contribution in [0.5, 0.6) is 0 Å². The van der Waals surface area contributed by atoms with Gasteiger partial charge in [0.05, 0.1) is 6.61 Å². The van der Waals surface area contributed by atoms with Crippen molar-refractivity contribution in [3.8, 4) is 0 Å². The van der Waals surface area contributed by atoms with E-state index in [1.165, 1.54) is 0 Å². The first-order chi connectivity index (χ1) is 13.0. The topological polar surface area (TPSA) is 186 Å². The van der Waals surface area contributed by atoms with Gasteiger partial charge >= 0.3 is 51.4 Å². The van der Waals surface area contributed by atoms with E-state index in [9.17, 15) is 37.6 Å². The van der Waals surface area contributed by atoms with Crippen LogP contribution in [0.25, 0.3) is 0 Å². The average molecular weight is 504 g/mol. The van der Waals surface area contributed by atoms with Gasteiger partial charge in [-0.3, -0.25) is 8.49 Å². The quantitative estimate of drug-likeness (QED) is 0.0406. The monoisotopic (exact) mass is 503 g/mol. The third-order valence-electron chi connectivity index (χ3n) is 3.90. The summed E-state index contributed by atoms with van der Waals surface area (Å²) in [6.45, 7) is -0.612. The van der Waals surface area contributed by atoms with Gasteiger partial charge in [-0.05, 0) is 19.3 Å². The SMILES string of the molecule is CS(=O)CCCCCCC(=NOS(=O)(=O)[O-])SC1OC(CO)C(O)C(O)C1O.[K+]. The third-order valence-corrected chi connectivity index (χ3v) is 6.20. The Kier molecular flexibility index (Phi) is 15.9. The molecular weight excluding hydrogens is 477 g/mol. The zero-order chi connectivity index (χ0) is 21.3. The first kappa shape index (κ1) is 30.3. The van der Waals surface area contributed by atoms with Crippen LogP contribution >= 0.6 is 11.8 Å². The molecule has 0 aromatic heterocycles. The van der Waals surface area contributed by atoms with Crippen LogP contribution in [0.1, 0.15) is 32.1 Å². The molecular formula is C14H26KNO10S3. The normalized spacial score (nSPS) is 29.2. The number of aliphatic hydroxyl groups excluding tert-OH is 4. The van der Waals surface area contributed by atoms with E-state index in [4.69, 9.17) is 4.74 Å². The molecule has 6 unspecified atom stereocenters. The van der Waals surface area contributed by atoms with Crippen LogP contribution in [0.4, 0.5) is 0 Å². The molecule has 0 saturated carbocycles. The number of thioether (sulfide) groups is 1. The van der Waals surface area contributed by atoms with Crippen LogP contribution in [0.3, 0.4) is 0 Å². The number of oxime groups is 1. The van der Waals surface area contributed by atoms with Gasteiger partial charge in [0, 0.05) is 22.8 Å². The maximum atomic E-state index is 11.0. The van der Waals surface area contributed by atoms with Gasteiger partial charge in [0.25, 0.3) is 10.4 Å². The Balaban J connectivity index is 0.00000784. The minimum atomic E-state index is -5.07. The van der Waals surface area contributed by atoms with Crippen molar-refractivity contribution in [2.75, 3.05) is 18.6 Å². The van der Waals surface area contributed by atoms with E-state index in [1.807, 2.05) is 0 Å². The molecule has 1 aliphatic heterocycles. The Bertz CT molecular complexity index is 633. The molecule has 166 valence electrons. The van der Waals surface area contributed by atoms with E-state index in [0.717, 1.165) is 31.0 Å². The van der Waals surface area contributed by atoms with Crippen molar-refractivity contribution in [1.29, 1.82) is 0 Å². The fourth-order valence-electron chi connectivity index (χ4n) is 2.45. The fraction of sp³-hybridized carbons (Fsp3) is 0.929. The third kappa shape index (κ3) is 12.2. The molecule has 1 rings (SSSR count). The molecule has 4 N–H and O–H groups in total. The summed E-state index contributed by atoms with van der Waals surface area (Å²) >= 11 is 0.727. The van der Waals surface area contributed by atoms with E-state index in [-0.39, 0.29) is 62.8 Å². The second kappa shape index (κ2) is 15.2. The smallest absolute Gasteiger partial charge is 0.714 e. The number of nitrogens with zero attached hydrogens (tertiary/aromatic N) is 1. The Labute approximate surface area is 219 Å². The standard InChI is InChI=1S/C14H27NO10S3.K/c1-27(20)7-5-3-2-4-6-10(15-25-28(21,22)23)26-14-13(19)12(18)11(17)9(8-16)24-14;/h9,11-14,16-19H,2-8H2,1H3,(H,21,22,23);/q;+1/p-1. The van der Waals surface area contributed by atoms with Gasteiger partial charge in [-0.15, -0.1) is 0 Å². The van der Waals surface area contributed by atoms with Gasteiger partial charge in [-0.1, -0.05) is 29.8 Å². The molecule has 1 fully saturated rings. The number of aliphatic hydroxyl groups is 4. The second-order valence-corrected chi connectivity index (χ2v) is 9.92. The summed E-state index contributed by atoms with van der Waals surface area (Å²) in [5, 5.41) is 42.2. The van der Waals surface area contributed by atoms with E-state index in [2.05, 4.69) is 9.44 Å². The Morgan fingerprint density at radius 2 is 1.79 bits per heavy atom. The van der Waals surface area contributed by atoms with Gasteiger partial charge in [0.2, 0.25) is 0 Å². The Hall–Kier alpha value is 1.32. The molecule has 0 aromatic rings. The van der Waals surface area contributed by atoms with Crippen LogP contribution in [0.15, 0.2) is 5.16 Å². The summed E-state index contributed by atoms with van der Waals surface area (Å²) in [5.41, 5.74) is -1.17. The zero-order valence-electron chi connectivity index (χ0n) is 16.2. The van der Waals surface area contributed by atoms with Crippen molar-refractivity contribution in [2.45, 2.75) is 62.0 Å². The van der Waals surface area contributed by atoms with Crippen LogP contribution < -0.4 is 51.4 Å². The number of ether oxygens (including phenoxy) is 1. The minimum Gasteiger partial charge on any atom is -0.714 e. The number of rotatable bonds is 11. The first-order valence-corrected chi connectivity index (χ1v) is 12.5. The van der Waals surface area contributed by atoms with E-state index < -0.39 is 57.7 Å². The minimum absolute atomic E-state index is 0. The largest absolute Gasteiger partial charge is 1.00 e. The molecule has 0 aromatic carbocycles. The first-order valence-electron chi connectivity index (χ1n) is 8.53. The molecule has 1 heterocycles. The second-order valence-electron chi connectivity index (χ2n) is 6.22. The van der Waals surface area contributed by atoms with Gasteiger partial charge in [-0.2, -0.15) is 8.42 Å². The van der Waals surface area contributed by atoms with Crippen LogP contribution in [-0.2, 0) is 30.2 Å². The maximum Gasteiger partial charge on any atom is 1.00 e. The molecule has 15 heteroatoms. The summed E-state index contributed by atoms with van der Waals surface area (Å²) in [4.78, 5) is 0. The molecule has 0 spiro atoms. The molecule has 0 amide bonds. The fourth-order valence-corrected chi connectivity index (χ4v) is 4.40.